The predicted octanol–water partition coefficient (Wildman–Crippen LogP) is 2.97. The van der Waals surface area contributed by atoms with Gasteiger partial charge in [0.15, 0.2) is 0 Å². The molecule has 1 atom stereocenters. The first-order valence-electron chi connectivity index (χ1n) is 5.57. The molecule has 3 rings (SSSR count). The van der Waals surface area contributed by atoms with Gasteiger partial charge in [-0.3, -0.25) is 0 Å². The zero-order valence-electron chi connectivity index (χ0n) is 9.44. The summed E-state index contributed by atoms with van der Waals surface area (Å²) in [5.41, 5.74) is 2.77. The minimum Gasteiger partial charge on any atom is -0.372 e. The molecule has 0 amide bonds. The van der Waals surface area contributed by atoms with E-state index in [1.54, 1.807) is 0 Å². The predicted molar refractivity (Wildman–Crippen MR) is 71.3 cm³/mol. The summed E-state index contributed by atoms with van der Waals surface area (Å²) in [6, 6.07) is 8.48. The molecule has 1 aliphatic carbocycles. The number of aromatic nitrogens is 2. The largest absolute Gasteiger partial charge is 0.372 e. The number of rotatable bonds is 2. The average molecular weight is 290 g/mol. The minimum absolute atomic E-state index is 0.353. The topological polar surface area (TPSA) is 37.8 Å². The van der Waals surface area contributed by atoms with E-state index in [-0.39, 0.29) is 0 Å². The van der Waals surface area contributed by atoms with Crippen molar-refractivity contribution in [3.05, 3.63) is 51.9 Å². The highest BCUT2D eigenvalue weighted by Crippen LogP contribution is 2.38. The molecule has 17 heavy (non-hydrogen) atoms. The molecule has 86 valence electrons. The lowest BCUT2D eigenvalue weighted by Crippen LogP contribution is -2.20. The molecule has 0 fully saturated rings. The summed E-state index contributed by atoms with van der Waals surface area (Å²) >= 11 is 3.42. The Bertz CT molecular complexity index is 568. The van der Waals surface area contributed by atoms with Crippen LogP contribution < -0.4 is 5.32 Å². The highest BCUT2D eigenvalue weighted by atomic mass is 79.9. The standard InChI is InChI=1S/C13H12BrN3/c1-15-13-11(14)7-16-12(17-13)10-6-8-4-2-3-5-9(8)10/h2-5,7,10H,6H2,1H3,(H,15,16,17). The molecule has 1 unspecified atom stereocenters. The fraction of sp³-hybridized carbons (Fsp3) is 0.231. The molecular formula is C13H12BrN3. The van der Waals surface area contributed by atoms with Crippen molar-refractivity contribution in [1.82, 2.24) is 9.97 Å². The second kappa shape index (κ2) is 4.11. The first-order valence-corrected chi connectivity index (χ1v) is 6.37. The fourth-order valence-corrected chi connectivity index (χ4v) is 2.60. The van der Waals surface area contributed by atoms with Crippen LogP contribution in [-0.4, -0.2) is 17.0 Å². The van der Waals surface area contributed by atoms with Crippen LogP contribution in [0.1, 0.15) is 22.9 Å². The first kappa shape index (κ1) is 10.7. The molecule has 0 saturated carbocycles. The number of fused-ring (bicyclic) bond motifs is 1. The highest BCUT2D eigenvalue weighted by Gasteiger charge is 2.29. The maximum Gasteiger partial charge on any atom is 0.143 e. The molecule has 3 nitrogen and oxygen atoms in total. The summed E-state index contributed by atoms with van der Waals surface area (Å²) < 4.78 is 0.899. The van der Waals surface area contributed by atoms with Gasteiger partial charge in [0.1, 0.15) is 11.6 Å². The Morgan fingerprint density at radius 3 is 2.94 bits per heavy atom. The van der Waals surface area contributed by atoms with E-state index in [0.29, 0.717) is 5.92 Å². The van der Waals surface area contributed by atoms with E-state index in [2.05, 4.69) is 55.5 Å². The van der Waals surface area contributed by atoms with Crippen LogP contribution in [0.4, 0.5) is 5.82 Å². The van der Waals surface area contributed by atoms with Gasteiger partial charge < -0.3 is 5.32 Å². The normalized spacial score (nSPS) is 17.2. The zero-order valence-corrected chi connectivity index (χ0v) is 11.0. The van der Waals surface area contributed by atoms with Crippen molar-refractivity contribution < 1.29 is 0 Å². The van der Waals surface area contributed by atoms with Gasteiger partial charge in [-0.25, -0.2) is 9.97 Å². The minimum atomic E-state index is 0.353. The van der Waals surface area contributed by atoms with Gasteiger partial charge in [0, 0.05) is 19.2 Å². The monoisotopic (exact) mass is 289 g/mol. The molecule has 0 aliphatic heterocycles. The summed E-state index contributed by atoms with van der Waals surface area (Å²) in [6.07, 6.45) is 2.86. The van der Waals surface area contributed by atoms with Gasteiger partial charge >= 0.3 is 0 Å². The summed E-state index contributed by atoms with van der Waals surface area (Å²) in [4.78, 5) is 8.95. The van der Waals surface area contributed by atoms with E-state index in [9.17, 15) is 0 Å². The molecular weight excluding hydrogens is 278 g/mol. The van der Waals surface area contributed by atoms with Crippen LogP contribution in [0, 0.1) is 0 Å². The van der Waals surface area contributed by atoms with Gasteiger partial charge in [-0.2, -0.15) is 0 Å². The third kappa shape index (κ3) is 1.72. The lowest BCUT2D eigenvalue weighted by molar-refractivity contribution is 0.660. The number of nitrogens with zero attached hydrogens (tertiary/aromatic N) is 2. The van der Waals surface area contributed by atoms with Crippen LogP contribution in [0.5, 0.6) is 0 Å². The van der Waals surface area contributed by atoms with Crippen molar-refractivity contribution in [3.8, 4) is 0 Å². The molecule has 0 spiro atoms. The number of nitrogens with one attached hydrogen (secondary N) is 1. The zero-order chi connectivity index (χ0) is 11.8. The second-order valence-corrected chi connectivity index (χ2v) is 4.98. The van der Waals surface area contributed by atoms with Crippen LogP contribution in [-0.2, 0) is 6.42 Å². The smallest absolute Gasteiger partial charge is 0.143 e. The number of hydrogen-bond acceptors (Lipinski definition) is 3. The quantitative estimate of drug-likeness (QED) is 0.924. The van der Waals surface area contributed by atoms with Crippen LogP contribution in [0.2, 0.25) is 0 Å². The Labute approximate surface area is 108 Å². The molecule has 1 aromatic carbocycles. The Balaban J connectivity index is 1.98. The molecule has 1 aromatic heterocycles. The lowest BCUT2D eigenvalue weighted by atomic mass is 9.77. The van der Waals surface area contributed by atoms with Crippen LogP contribution >= 0.6 is 15.9 Å². The second-order valence-electron chi connectivity index (χ2n) is 4.13. The van der Waals surface area contributed by atoms with Crippen LogP contribution in [0.15, 0.2) is 34.9 Å². The lowest BCUT2D eigenvalue weighted by Gasteiger charge is -2.28. The molecule has 1 N–H and O–H groups in total. The Hall–Kier alpha value is -1.42. The van der Waals surface area contributed by atoms with Crippen LogP contribution in [0.3, 0.4) is 0 Å². The van der Waals surface area contributed by atoms with Gasteiger partial charge in [0.25, 0.3) is 0 Å². The van der Waals surface area contributed by atoms with Crippen molar-refractivity contribution in [2.45, 2.75) is 12.3 Å². The van der Waals surface area contributed by atoms with Gasteiger partial charge in [-0.15, -0.1) is 0 Å². The Kier molecular flexibility index (Phi) is 2.59. The van der Waals surface area contributed by atoms with Gasteiger partial charge in [0.2, 0.25) is 0 Å². The van der Waals surface area contributed by atoms with Crippen molar-refractivity contribution in [2.75, 3.05) is 12.4 Å². The Morgan fingerprint density at radius 2 is 2.18 bits per heavy atom. The highest BCUT2D eigenvalue weighted by molar-refractivity contribution is 9.10. The SMILES string of the molecule is CNc1nc(C2Cc3ccccc32)ncc1Br. The number of benzene rings is 1. The van der Waals surface area contributed by atoms with Gasteiger partial charge in [0.05, 0.1) is 4.47 Å². The summed E-state index contributed by atoms with van der Waals surface area (Å²) in [7, 11) is 1.87. The fourth-order valence-electron chi connectivity index (χ4n) is 2.21. The average Bonchev–Trinajstić information content (AvgIpc) is 2.33. The third-order valence-electron chi connectivity index (χ3n) is 3.17. The van der Waals surface area contributed by atoms with E-state index in [4.69, 9.17) is 0 Å². The summed E-state index contributed by atoms with van der Waals surface area (Å²) in [5.74, 6) is 2.10. The third-order valence-corrected chi connectivity index (χ3v) is 3.75. The molecule has 1 aliphatic rings. The molecule has 0 bridgehead atoms. The number of anilines is 1. The molecule has 0 radical (unpaired) electrons. The van der Waals surface area contributed by atoms with Crippen molar-refractivity contribution >= 4 is 21.7 Å². The van der Waals surface area contributed by atoms with Gasteiger partial charge in [-0.05, 0) is 33.5 Å². The maximum absolute atomic E-state index is 4.54. The summed E-state index contributed by atoms with van der Waals surface area (Å²) in [6.45, 7) is 0. The first-order chi connectivity index (χ1) is 8.29. The maximum atomic E-state index is 4.54. The summed E-state index contributed by atoms with van der Waals surface area (Å²) in [5, 5.41) is 3.06. The van der Waals surface area contributed by atoms with E-state index in [1.807, 2.05) is 13.2 Å². The van der Waals surface area contributed by atoms with Crippen molar-refractivity contribution in [1.29, 1.82) is 0 Å². The molecule has 2 aromatic rings. The van der Waals surface area contributed by atoms with E-state index in [1.165, 1.54) is 11.1 Å². The number of hydrogen-bond donors (Lipinski definition) is 1. The van der Waals surface area contributed by atoms with E-state index in [0.717, 1.165) is 22.5 Å². The van der Waals surface area contributed by atoms with E-state index >= 15 is 0 Å². The van der Waals surface area contributed by atoms with Crippen molar-refractivity contribution in [2.24, 2.45) is 0 Å². The molecule has 4 heteroatoms. The Morgan fingerprint density at radius 1 is 1.35 bits per heavy atom. The van der Waals surface area contributed by atoms with E-state index < -0.39 is 0 Å². The number of halogens is 1. The van der Waals surface area contributed by atoms with Crippen LogP contribution in [0.25, 0.3) is 0 Å². The molecule has 1 heterocycles. The van der Waals surface area contributed by atoms with Crippen molar-refractivity contribution in [3.63, 3.8) is 0 Å². The van der Waals surface area contributed by atoms with Gasteiger partial charge in [-0.1, -0.05) is 24.3 Å². The molecule has 0 saturated heterocycles.